The molecule has 2 rings (SSSR count). The smallest absolute Gasteiger partial charge is 0.354 e. The molecule has 1 aliphatic rings. The Hall–Kier alpha value is -1.30. The van der Waals surface area contributed by atoms with Crippen molar-refractivity contribution in [3.8, 4) is 0 Å². The lowest BCUT2D eigenvalue weighted by atomic mass is 10.2. The third kappa shape index (κ3) is 2.88. The third-order valence-electron chi connectivity index (χ3n) is 2.72. The van der Waals surface area contributed by atoms with E-state index >= 15 is 0 Å². The summed E-state index contributed by atoms with van der Waals surface area (Å²) >= 11 is 0. The van der Waals surface area contributed by atoms with E-state index in [-0.39, 0.29) is 6.04 Å². The van der Waals surface area contributed by atoms with E-state index in [9.17, 15) is 13.2 Å². The summed E-state index contributed by atoms with van der Waals surface area (Å²) in [5, 5.41) is 3.23. The molecule has 1 N–H and O–H groups in total. The predicted octanol–water partition coefficient (Wildman–Crippen LogP) is 1.90. The normalized spacial score (nSPS) is 21.6. The maximum absolute atomic E-state index is 12.5. The van der Waals surface area contributed by atoms with Crippen molar-refractivity contribution >= 4 is 5.82 Å². The number of nitrogens with zero attached hydrogens (tertiary/aromatic N) is 2. The van der Waals surface area contributed by atoms with E-state index in [2.05, 4.69) is 10.3 Å². The number of anilines is 1. The highest BCUT2D eigenvalue weighted by Gasteiger charge is 2.33. The maximum atomic E-state index is 12.5. The second kappa shape index (κ2) is 4.52. The summed E-state index contributed by atoms with van der Waals surface area (Å²) in [7, 11) is 0. The van der Waals surface area contributed by atoms with E-state index in [4.69, 9.17) is 0 Å². The number of nitrogens with one attached hydrogen (secondary N) is 1. The first-order chi connectivity index (χ1) is 7.97. The third-order valence-corrected chi connectivity index (χ3v) is 2.72. The molecule has 17 heavy (non-hydrogen) atoms. The van der Waals surface area contributed by atoms with E-state index in [1.807, 2.05) is 11.8 Å². The number of piperazine rings is 1. The number of halogens is 3. The number of aromatic nitrogens is 1. The molecule has 0 aromatic carbocycles. The van der Waals surface area contributed by atoms with Crippen LogP contribution < -0.4 is 10.2 Å². The monoisotopic (exact) mass is 245 g/mol. The van der Waals surface area contributed by atoms with Crippen molar-refractivity contribution < 1.29 is 13.2 Å². The number of pyridine rings is 1. The van der Waals surface area contributed by atoms with Crippen molar-refractivity contribution in [1.82, 2.24) is 10.3 Å². The van der Waals surface area contributed by atoms with Crippen LogP contribution >= 0.6 is 0 Å². The van der Waals surface area contributed by atoms with Crippen LogP contribution in [0, 0.1) is 0 Å². The van der Waals surface area contributed by atoms with Crippen LogP contribution in [0.1, 0.15) is 12.6 Å². The molecule has 0 saturated carbocycles. The van der Waals surface area contributed by atoms with Crippen molar-refractivity contribution in [2.45, 2.75) is 19.1 Å². The van der Waals surface area contributed by atoms with Gasteiger partial charge in [-0.05, 0) is 19.1 Å². The van der Waals surface area contributed by atoms with Crippen LogP contribution in [-0.2, 0) is 6.18 Å². The highest BCUT2D eigenvalue weighted by molar-refractivity contribution is 5.40. The number of alkyl halides is 3. The van der Waals surface area contributed by atoms with Crippen molar-refractivity contribution in [3.63, 3.8) is 0 Å². The molecule has 1 aromatic heterocycles. The molecule has 2 heterocycles. The Morgan fingerprint density at radius 1 is 1.41 bits per heavy atom. The lowest BCUT2D eigenvalue weighted by molar-refractivity contribution is -0.141. The zero-order chi connectivity index (χ0) is 12.5. The fourth-order valence-electron chi connectivity index (χ4n) is 1.90. The Labute approximate surface area is 97.6 Å². The van der Waals surface area contributed by atoms with Crippen molar-refractivity contribution in [2.75, 3.05) is 24.5 Å². The first-order valence-corrected chi connectivity index (χ1v) is 5.49. The Morgan fingerprint density at radius 3 is 2.82 bits per heavy atom. The van der Waals surface area contributed by atoms with E-state index in [1.165, 1.54) is 6.07 Å². The second-order valence-corrected chi connectivity index (χ2v) is 4.18. The standard InChI is InChI=1S/C11H14F3N3/c1-8-7-17(6-5-15-8)10-4-2-3-9(16-10)11(12,13)14/h2-4,8,15H,5-7H2,1H3/t8-/m0/s1. The Bertz CT molecular complexity index is 392. The van der Waals surface area contributed by atoms with Crippen LogP contribution in [-0.4, -0.2) is 30.7 Å². The van der Waals surface area contributed by atoms with Crippen molar-refractivity contribution in [1.29, 1.82) is 0 Å². The summed E-state index contributed by atoms with van der Waals surface area (Å²) in [6, 6.07) is 4.28. The van der Waals surface area contributed by atoms with E-state index in [1.54, 1.807) is 6.07 Å². The molecular formula is C11H14F3N3. The molecule has 94 valence electrons. The number of rotatable bonds is 1. The van der Waals surface area contributed by atoms with Gasteiger partial charge in [0.2, 0.25) is 0 Å². The molecule has 3 nitrogen and oxygen atoms in total. The maximum Gasteiger partial charge on any atom is 0.433 e. The van der Waals surface area contributed by atoms with E-state index in [0.717, 1.165) is 12.6 Å². The van der Waals surface area contributed by atoms with Gasteiger partial charge in [0.25, 0.3) is 0 Å². The van der Waals surface area contributed by atoms with Crippen LogP contribution in [0.15, 0.2) is 18.2 Å². The van der Waals surface area contributed by atoms with Crippen molar-refractivity contribution in [3.05, 3.63) is 23.9 Å². The van der Waals surface area contributed by atoms with Gasteiger partial charge in [-0.1, -0.05) is 6.07 Å². The van der Waals surface area contributed by atoms with Crippen LogP contribution in [0.25, 0.3) is 0 Å². The summed E-state index contributed by atoms with van der Waals surface area (Å²) < 4.78 is 37.6. The van der Waals surface area contributed by atoms with Gasteiger partial charge in [0.1, 0.15) is 11.5 Å². The highest BCUT2D eigenvalue weighted by atomic mass is 19.4. The summed E-state index contributed by atoms with van der Waals surface area (Å²) in [5.41, 5.74) is -0.832. The van der Waals surface area contributed by atoms with Crippen LogP contribution in [0.5, 0.6) is 0 Å². The van der Waals surface area contributed by atoms with Gasteiger partial charge in [-0.3, -0.25) is 0 Å². The molecule has 1 aliphatic heterocycles. The second-order valence-electron chi connectivity index (χ2n) is 4.18. The summed E-state index contributed by atoms with van der Waals surface area (Å²) in [4.78, 5) is 5.55. The molecule has 0 radical (unpaired) electrons. The minimum Gasteiger partial charge on any atom is -0.354 e. The molecule has 0 spiro atoms. The zero-order valence-electron chi connectivity index (χ0n) is 9.46. The first-order valence-electron chi connectivity index (χ1n) is 5.49. The van der Waals surface area contributed by atoms with Crippen LogP contribution in [0.2, 0.25) is 0 Å². The zero-order valence-corrected chi connectivity index (χ0v) is 9.46. The lowest BCUT2D eigenvalue weighted by Gasteiger charge is -2.32. The van der Waals surface area contributed by atoms with Crippen molar-refractivity contribution in [2.24, 2.45) is 0 Å². The van der Waals surface area contributed by atoms with Gasteiger partial charge in [0.15, 0.2) is 0 Å². The van der Waals surface area contributed by atoms with Crippen LogP contribution in [0.3, 0.4) is 0 Å². The van der Waals surface area contributed by atoms with E-state index in [0.29, 0.717) is 18.9 Å². The van der Waals surface area contributed by atoms with Gasteiger partial charge in [-0.15, -0.1) is 0 Å². The summed E-state index contributed by atoms with van der Waals surface area (Å²) in [5.74, 6) is 0.396. The van der Waals surface area contributed by atoms with Gasteiger partial charge in [-0.2, -0.15) is 13.2 Å². The lowest BCUT2D eigenvalue weighted by Crippen LogP contribution is -2.49. The molecule has 6 heteroatoms. The molecular weight excluding hydrogens is 231 g/mol. The predicted molar refractivity (Wildman–Crippen MR) is 58.9 cm³/mol. The summed E-state index contributed by atoms with van der Waals surface area (Å²) in [6.45, 7) is 4.12. The van der Waals surface area contributed by atoms with E-state index < -0.39 is 11.9 Å². The quantitative estimate of drug-likeness (QED) is 0.819. The molecule has 0 aliphatic carbocycles. The molecule has 0 amide bonds. The minimum atomic E-state index is -4.38. The molecule has 0 unspecified atom stereocenters. The topological polar surface area (TPSA) is 28.2 Å². The Morgan fingerprint density at radius 2 is 2.18 bits per heavy atom. The van der Waals surface area contributed by atoms with Gasteiger partial charge in [-0.25, -0.2) is 4.98 Å². The number of hydrogen-bond acceptors (Lipinski definition) is 3. The highest BCUT2D eigenvalue weighted by Crippen LogP contribution is 2.28. The number of hydrogen-bond donors (Lipinski definition) is 1. The fraction of sp³-hybridized carbons (Fsp3) is 0.545. The molecule has 1 aromatic rings. The largest absolute Gasteiger partial charge is 0.433 e. The van der Waals surface area contributed by atoms with Gasteiger partial charge < -0.3 is 10.2 Å². The minimum absolute atomic E-state index is 0.264. The molecule has 1 atom stereocenters. The molecule has 1 fully saturated rings. The van der Waals surface area contributed by atoms with Gasteiger partial charge >= 0.3 is 6.18 Å². The Kier molecular flexibility index (Phi) is 3.24. The average molecular weight is 245 g/mol. The van der Waals surface area contributed by atoms with Crippen LogP contribution in [0.4, 0.5) is 19.0 Å². The van der Waals surface area contributed by atoms with Gasteiger partial charge in [0.05, 0.1) is 0 Å². The first kappa shape index (κ1) is 12.2. The molecule has 0 bridgehead atoms. The fourth-order valence-corrected chi connectivity index (χ4v) is 1.90. The Balaban J connectivity index is 2.21. The SMILES string of the molecule is C[C@H]1CN(c2cccc(C(F)(F)F)n2)CCN1. The molecule has 1 saturated heterocycles. The van der Waals surface area contributed by atoms with Gasteiger partial charge in [0, 0.05) is 25.7 Å². The summed E-state index contributed by atoms with van der Waals surface area (Å²) in [6.07, 6.45) is -4.38. The average Bonchev–Trinajstić information content (AvgIpc) is 2.28.